The van der Waals surface area contributed by atoms with E-state index in [2.05, 4.69) is 22.2 Å². The normalized spacial score (nSPS) is 20.6. The summed E-state index contributed by atoms with van der Waals surface area (Å²) in [5.41, 5.74) is 1.93. The smallest absolute Gasteiger partial charge is 0.406 e. The number of rotatable bonds is 6. The van der Waals surface area contributed by atoms with Gasteiger partial charge in [0.05, 0.1) is 13.2 Å². The van der Waals surface area contributed by atoms with E-state index in [-0.39, 0.29) is 18.4 Å². The molecule has 1 N–H and O–H groups in total. The molecule has 25 heavy (non-hydrogen) atoms. The summed E-state index contributed by atoms with van der Waals surface area (Å²) in [6.45, 7) is 1.68. The first-order valence-corrected chi connectivity index (χ1v) is 8.22. The topological polar surface area (TPSA) is 30.5 Å². The molecule has 134 valence electrons. The van der Waals surface area contributed by atoms with Crippen LogP contribution in [0.25, 0.3) is 0 Å². The molecule has 1 aliphatic heterocycles. The second kappa shape index (κ2) is 7.89. The molecule has 1 fully saturated rings. The van der Waals surface area contributed by atoms with E-state index in [0.717, 1.165) is 13.0 Å². The molecule has 3 rings (SSSR count). The largest absolute Gasteiger partial charge is 0.573 e. The van der Waals surface area contributed by atoms with Crippen LogP contribution in [0.1, 0.15) is 23.5 Å². The van der Waals surface area contributed by atoms with Gasteiger partial charge in [0, 0.05) is 12.0 Å². The Labute approximate surface area is 144 Å². The van der Waals surface area contributed by atoms with Crippen LogP contribution in [0.15, 0.2) is 54.6 Å². The summed E-state index contributed by atoms with van der Waals surface area (Å²) in [5.74, 6) is 0.163. The minimum absolute atomic E-state index is 0.206. The van der Waals surface area contributed by atoms with Gasteiger partial charge in [-0.25, -0.2) is 0 Å². The molecule has 0 spiro atoms. The van der Waals surface area contributed by atoms with Gasteiger partial charge in [-0.3, -0.25) is 0 Å². The number of benzene rings is 2. The lowest BCUT2D eigenvalue weighted by Crippen LogP contribution is -2.31. The van der Waals surface area contributed by atoms with E-state index in [1.807, 2.05) is 18.2 Å². The van der Waals surface area contributed by atoms with Crippen molar-refractivity contribution >= 4 is 0 Å². The number of ether oxygens (including phenoxy) is 2. The van der Waals surface area contributed by atoms with Gasteiger partial charge in [-0.1, -0.05) is 42.5 Å². The van der Waals surface area contributed by atoms with Crippen LogP contribution in [0.2, 0.25) is 0 Å². The van der Waals surface area contributed by atoms with Gasteiger partial charge in [-0.15, -0.1) is 13.2 Å². The molecule has 2 aromatic rings. The standard InChI is InChI=1S/C19H20F3NO2/c20-19(21,22)25-16-8-4-5-14(11-16)12-24-13-18-17(9-10-23-18)15-6-2-1-3-7-15/h1-8,11,17-18,23H,9-10,12-13H2. The summed E-state index contributed by atoms with van der Waals surface area (Å²) in [7, 11) is 0. The van der Waals surface area contributed by atoms with Crippen LogP contribution in [0.3, 0.4) is 0 Å². The van der Waals surface area contributed by atoms with Crippen molar-refractivity contribution in [1.82, 2.24) is 5.32 Å². The van der Waals surface area contributed by atoms with Crippen molar-refractivity contribution in [3.63, 3.8) is 0 Å². The first kappa shape index (κ1) is 17.8. The number of alkyl halides is 3. The lowest BCUT2D eigenvalue weighted by molar-refractivity contribution is -0.274. The third kappa shape index (κ3) is 5.21. The van der Waals surface area contributed by atoms with Crippen molar-refractivity contribution < 1.29 is 22.6 Å². The fourth-order valence-corrected chi connectivity index (χ4v) is 3.18. The molecule has 0 saturated carbocycles. The first-order chi connectivity index (χ1) is 12.0. The van der Waals surface area contributed by atoms with E-state index in [1.54, 1.807) is 6.07 Å². The maximum atomic E-state index is 12.3. The fraction of sp³-hybridized carbons (Fsp3) is 0.368. The van der Waals surface area contributed by atoms with Gasteiger partial charge in [-0.2, -0.15) is 0 Å². The van der Waals surface area contributed by atoms with Crippen molar-refractivity contribution in [2.75, 3.05) is 13.2 Å². The van der Waals surface area contributed by atoms with Gasteiger partial charge in [0.25, 0.3) is 0 Å². The Morgan fingerprint density at radius 2 is 1.84 bits per heavy atom. The van der Waals surface area contributed by atoms with Crippen LogP contribution in [-0.2, 0) is 11.3 Å². The molecule has 0 aliphatic carbocycles. The van der Waals surface area contributed by atoms with Crippen molar-refractivity contribution in [2.24, 2.45) is 0 Å². The lowest BCUT2D eigenvalue weighted by atomic mass is 9.92. The Hall–Kier alpha value is -2.05. The quantitative estimate of drug-likeness (QED) is 0.844. The SMILES string of the molecule is FC(F)(F)Oc1cccc(COCC2NCCC2c2ccccc2)c1. The summed E-state index contributed by atoms with van der Waals surface area (Å²) in [4.78, 5) is 0. The number of hydrogen-bond acceptors (Lipinski definition) is 3. The minimum atomic E-state index is -4.68. The van der Waals surface area contributed by atoms with Gasteiger partial charge in [-0.05, 0) is 36.2 Å². The van der Waals surface area contributed by atoms with Gasteiger partial charge in [0.1, 0.15) is 5.75 Å². The van der Waals surface area contributed by atoms with Crippen LogP contribution in [0.5, 0.6) is 5.75 Å². The van der Waals surface area contributed by atoms with Crippen molar-refractivity contribution in [3.05, 3.63) is 65.7 Å². The maximum absolute atomic E-state index is 12.3. The van der Waals surface area contributed by atoms with E-state index < -0.39 is 6.36 Å². The van der Waals surface area contributed by atoms with Crippen molar-refractivity contribution in [1.29, 1.82) is 0 Å². The minimum Gasteiger partial charge on any atom is -0.406 e. The second-order valence-electron chi connectivity index (χ2n) is 6.08. The molecule has 1 saturated heterocycles. The molecule has 0 amide bonds. The lowest BCUT2D eigenvalue weighted by Gasteiger charge is -2.20. The molecule has 0 radical (unpaired) electrons. The maximum Gasteiger partial charge on any atom is 0.573 e. The highest BCUT2D eigenvalue weighted by Crippen LogP contribution is 2.28. The van der Waals surface area contributed by atoms with E-state index in [0.29, 0.717) is 18.1 Å². The average molecular weight is 351 g/mol. The van der Waals surface area contributed by atoms with E-state index in [9.17, 15) is 13.2 Å². The zero-order valence-electron chi connectivity index (χ0n) is 13.6. The van der Waals surface area contributed by atoms with E-state index in [4.69, 9.17) is 4.74 Å². The summed E-state index contributed by atoms with van der Waals surface area (Å²) < 4.78 is 46.5. The van der Waals surface area contributed by atoms with Crippen molar-refractivity contribution in [2.45, 2.75) is 31.3 Å². The molecule has 2 unspecified atom stereocenters. The zero-order valence-corrected chi connectivity index (χ0v) is 13.6. The molecule has 6 heteroatoms. The van der Waals surface area contributed by atoms with Crippen molar-refractivity contribution in [3.8, 4) is 5.75 Å². The van der Waals surface area contributed by atoms with E-state index in [1.165, 1.54) is 23.8 Å². The molecule has 2 atom stereocenters. The van der Waals surface area contributed by atoms with Crippen LogP contribution in [0.4, 0.5) is 13.2 Å². The molecule has 1 heterocycles. The molecular formula is C19H20F3NO2. The summed E-state index contributed by atoms with van der Waals surface area (Å²) in [6.07, 6.45) is -3.64. The predicted molar refractivity (Wildman–Crippen MR) is 88.4 cm³/mol. The first-order valence-electron chi connectivity index (χ1n) is 8.22. The average Bonchev–Trinajstić information content (AvgIpc) is 3.03. The summed E-state index contributed by atoms with van der Waals surface area (Å²) in [6, 6.07) is 16.4. The third-order valence-corrected chi connectivity index (χ3v) is 4.27. The number of halogens is 3. The fourth-order valence-electron chi connectivity index (χ4n) is 3.18. The highest BCUT2D eigenvalue weighted by molar-refractivity contribution is 5.28. The number of hydrogen-bond donors (Lipinski definition) is 1. The monoisotopic (exact) mass is 351 g/mol. The second-order valence-corrected chi connectivity index (χ2v) is 6.08. The summed E-state index contributed by atoms with van der Waals surface area (Å²) in [5, 5.41) is 3.44. The molecule has 3 nitrogen and oxygen atoms in total. The van der Waals surface area contributed by atoms with Gasteiger partial charge in [0.15, 0.2) is 0 Å². The highest BCUT2D eigenvalue weighted by atomic mass is 19.4. The molecular weight excluding hydrogens is 331 g/mol. The van der Waals surface area contributed by atoms with Gasteiger partial charge < -0.3 is 14.8 Å². The Kier molecular flexibility index (Phi) is 5.60. The summed E-state index contributed by atoms with van der Waals surface area (Å²) >= 11 is 0. The Morgan fingerprint density at radius 1 is 1.04 bits per heavy atom. The molecule has 2 aromatic carbocycles. The van der Waals surface area contributed by atoms with Crippen LogP contribution in [-0.4, -0.2) is 25.6 Å². The Bertz CT molecular complexity index is 676. The third-order valence-electron chi connectivity index (χ3n) is 4.27. The molecule has 1 aliphatic rings. The van der Waals surface area contributed by atoms with E-state index >= 15 is 0 Å². The van der Waals surface area contributed by atoms with Gasteiger partial charge >= 0.3 is 6.36 Å². The predicted octanol–water partition coefficient (Wildman–Crippen LogP) is 4.25. The highest BCUT2D eigenvalue weighted by Gasteiger charge is 2.31. The van der Waals surface area contributed by atoms with Gasteiger partial charge in [0.2, 0.25) is 0 Å². The van der Waals surface area contributed by atoms with Crippen LogP contribution >= 0.6 is 0 Å². The Morgan fingerprint density at radius 3 is 2.60 bits per heavy atom. The van der Waals surface area contributed by atoms with Crippen LogP contribution in [0, 0.1) is 0 Å². The Balaban J connectivity index is 1.53. The zero-order chi connectivity index (χ0) is 17.7. The molecule has 0 aromatic heterocycles. The number of nitrogens with one attached hydrogen (secondary N) is 1. The molecule has 0 bridgehead atoms. The van der Waals surface area contributed by atoms with Crippen LogP contribution < -0.4 is 10.1 Å².